The topological polar surface area (TPSA) is 92.8 Å². The van der Waals surface area contributed by atoms with Gasteiger partial charge in [0.2, 0.25) is 15.9 Å². The highest BCUT2D eigenvalue weighted by atomic mass is 32.2. The molecule has 0 saturated carbocycles. The number of nitrogens with one attached hydrogen (secondary N) is 1. The number of amides is 1. The van der Waals surface area contributed by atoms with Gasteiger partial charge in [-0.15, -0.1) is 11.3 Å². The Kier molecular flexibility index (Phi) is 7.63. The molecular weight excluding hydrogens is 424 g/mol. The molecule has 2 heterocycles. The Morgan fingerprint density at radius 3 is 2.37 bits per heavy atom. The molecule has 1 amide bonds. The van der Waals surface area contributed by atoms with Crippen LogP contribution in [0.4, 0.5) is 5.69 Å². The third kappa shape index (κ3) is 5.47. The predicted octanol–water partition coefficient (Wildman–Crippen LogP) is 3.67. The highest BCUT2D eigenvalue weighted by molar-refractivity contribution is 7.89. The average Bonchev–Trinajstić information content (AvgIpc) is 3.02. The molecule has 30 heavy (non-hydrogen) atoms. The molecule has 1 N–H and O–H groups in total. The summed E-state index contributed by atoms with van der Waals surface area (Å²) < 4.78 is 31.9. The standard InChI is InChI=1S/C21H26N2O5S2/c1-28-21(25)20-18(12-15-29-20)22-19(24)11-8-16-6-9-17(10-7-16)30(26,27)23-13-4-2-3-5-14-23/h6-7,9-10,12,15H,2-5,8,11,13-14H2,1H3,(H,22,24). The summed E-state index contributed by atoms with van der Waals surface area (Å²) in [5.41, 5.74) is 1.31. The molecule has 1 aromatic heterocycles. The van der Waals surface area contributed by atoms with E-state index >= 15 is 0 Å². The Balaban J connectivity index is 1.57. The number of benzene rings is 1. The Bertz CT molecular complexity index is 975. The quantitative estimate of drug-likeness (QED) is 0.650. The van der Waals surface area contributed by atoms with Crippen LogP contribution in [0.25, 0.3) is 0 Å². The zero-order valence-corrected chi connectivity index (χ0v) is 18.6. The number of anilines is 1. The van der Waals surface area contributed by atoms with Crippen LogP contribution >= 0.6 is 11.3 Å². The van der Waals surface area contributed by atoms with Gasteiger partial charge >= 0.3 is 5.97 Å². The van der Waals surface area contributed by atoms with Crippen molar-refractivity contribution < 1.29 is 22.7 Å². The maximum Gasteiger partial charge on any atom is 0.350 e. The van der Waals surface area contributed by atoms with Gasteiger partial charge in [0.25, 0.3) is 0 Å². The average molecular weight is 451 g/mol. The lowest BCUT2D eigenvalue weighted by molar-refractivity contribution is -0.116. The molecule has 0 atom stereocenters. The second kappa shape index (κ2) is 10.2. The molecule has 1 aromatic carbocycles. The molecule has 2 aromatic rings. The van der Waals surface area contributed by atoms with Crippen LogP contribution < -0.4 is 5.32 Å². The smallest absolute Gasteiger partial charge is 0.350 e. The summed E-state index contributed by atoms with van der Waals surface area (Å²) in [6.45, 7) is 1.14. The molecule has 1 fully saturated rings. The highest BCUT2D eigenvalue weighted by Crippen LogP contribution is 2.24. The summed E-state index contributed by atoms with van der Waals surface area (Å²) in [4.78, 5) is 24.6. The fourth-order valence-corrected chi connectivity index (χ4v) is 5.67. The molecule has 3 rings (SSSR count). The number of hydrogen-bond donors (Lipinski definition) is 1. The Morgan fingerprint density at radius 2 is 1.73 bits per heavy atom. The lowest BCUT2D eigenvalue weighted by atomic mass is 10.1. The highest BCUT2D eigenvalue weighted by Gasteiger charge is 2.25. The van der Waals surface area contributed by atoms with E-state index in [-0.39, 0.29) is 12.3 Å². The molecule has 7 nitrogen and oxygen atoms in total. The van der Waals surface area contributed by atoms with Crippen LogP contribution in [-0.4, -0.2) is 44.8 Å². The van der Waals surface area contributed by atoms with E-state index < -0.39 is 16.0 Å². The first-order valence-electron chi connectivity index (χ1n) is 9.96. The molecule has 1 aliphatic heterocycles. The minimum absolute atomic E-state index is 0.217. The Morgan fingerprint density at radius 1 is 1.07 bits per heavy atom. The fraction of sp³-hybridized carbons (Fsp3) is 0.429. The predicted molar refractivity (Wildman–Crippen MR) is 116 cm³/mol. The number of thiophene rings is 1. The number of methoxy groups -OCH3 is 1. The lowest BCUT2D eigenvalue weighted by Gasteiger charge is -2.20. The van der Waals surface area contributed by atoms with Gasteiger partial charge in [-0.2, -0.15) is 4.31 Å². The van der Waals surface area contributed by atoms with Crippen LogP contribution in [0.5, 0.6) is 0 Å². The molecule has 9 heteroatoms. The van der Waals surface area contributed by atoms with Crippen molar-refractivity contribution in [1.29, 1.82) is 0 Å². The number of rotatable bonds is 7. The minimum atomic E-state index is -3.47. The SMILES string of the molecule is COC(=O)c1sccc1NC(=O)CCc1ccc(S(=O)(=O)N2CCCCCC2)cc1. The van der Waals surface area contributed by atoms with Crippen LogP contribution in [0, 0.1) is 0 Å². The van der Waals surface area contributed by atoms with Gasteiger partial charge in [-0.05, 0) is 48.4 Å². The zero-order valence-electron chi connectivity index (χ0n) is 16.9. The molecule has 1 aliphatic rings. The van der Waals surface area contributed by atoms with Crippen molar-refractivity contribution in [3.05, 3.63) is 46.2 Å². The first-order chi connectivity index (χ1) is 14.4. The number of sulfonamides is 1. The molecular formula is C21H26N2O5S2. The van der Waals surface area contributed by atoms with E-state index in [1.165, 1.54) is 18.4 Å². The van der Waals surface area contributed by atoms with Gasteiger partial charge in [-0.1, -0.05) is 25.0 Å². The van der Waals surface area contributed by atoms with Crippen molar-refractivity contribution in [2.75, 3.05) is 25.5 Å². The summed E-state index contributed by atoms with van der Waals surface area (Å²) in [6, 6.07) is 8.39. The van der Waals surface area contributed by atoms with Crippen LogP contribution in [0.3, 0.4) is 0 Å². The summed E-state index contributed by atoms with van der Waals surface area (Å²) in [7, 11) is -2.18. The van der Waals surface area contributed by atoms with E-state index in [0.717, 1.165) is 31.2 Å². The number of esters is 1. The van der Waals surface area contributed by atoms with Crippen molar-refractivity contribution in [3.8, 4) is 0 Å². The molecule has 0 bridgehead atoms. The van der Waals surface area contributed by atoms with E-state index in [0.29, 0.717) is 35.0 Å². The van der Waals surface area contributed by atoms with E-state index in [1.54, 1.807) is 40.0 Å². The van der Waals surface area contributed by atoms with Crippen LogP contribution in [-0.2, 0) is 26.0 Å². The molecule has 1 saturated heterocycles. The number of nitrogens with zero attached hydrogens (tertiary/aromatic N) is 1. The third-order valence-electron chi connectivity index (χ3n) is 5.08. The van der Waals surface area contributed by atoms with Crippen LogP contribution in [0.2, 0.25) is 0 Å². The van der Waals surface area contributed by atoms with Crippen molar-refractivity contribution in [1.82, 2.24) is 4.31 Å². The third-order valence-corrected chi connectivity index (χ3v) is 7.88. The number of carbonyl (C=O) groups excluding carboxylic acids is 2. The molecule has 0 radical (unpaired) electrons. The summed E-state index contributed by atoms with van der Waals surface area (Å²) in [6.07, 6.45) is 4.61. The molecule has 0 aliphatic carbocycles. The van der Waals surface area contributed by atoms with Crippen LogP contribution in [0.15, 0.2) is 40.6 Å². The zero-order chi connectivity index (χ0) is 21.6. The first-order valence-corrected chi connectivity index (χ1v) is 12.3. The van der Waals surface area contributed by atoms with Gasteiger partial charge in [0.15, 0.2) is 0 Å². The van der Waals surface area contributed by atoms with Crippen LogP contribution in [0.1, 0.15) is 47.3 Å². The normalized spacial score (nSPS) is 15.4. The van der Waals surface area contributed by atoms with Crippen molar-refractivity contribution >= 4 is 38.9 Å². The molecule has 0 spiro atoms. The first kappa shape index (κ1) is 22.5. The Hall–Kier alpha value is -2.23. The van der Waals surface area contributed by atoms with Gasteiger partial charge in [-0.25, -0.2) is 13.2 Å². The van der Waals surface area contributed by atoms with E-state index in [4.69, 9.17) is 4.74 Å². The fourth-order valence-electron chi connectivity index (χ4n) is 3.39. The maximum absolute atomic E-state index is 12.8. The number of carbonyl (C=O) groups is 2. The van der Waals surface area contributed by atoms with Gasteiger partial charge in [0.05, 0.1) is 17.7 Å². The summed E-state index contributed by atoms with van der Waals surface area (Å²) in [5, 5.41) is 4.44. The van der Waals surface area contributed by atoms with Crippen molar-refractivity contribution in [3.63, 3.8) is 0 Å². The molecule has 0 unspecified atom stereocenters. The summed E-state index contributed by atoms with van der Waals surface area (Å²) in [5.74, 6) is -0.707. The van der Waals surface area contributed by atoms with Gasteiger partial charge in [0, 0.05) is 19.5 Å². The summed E-state index contributed by atoms with van der Waals surface area (Å²) >= 11 is 1.21. The largest absolute Gasteiger partial charge is 0.465 e. The van der Waals surface area contributed by atoms with Crippen molar-refractivity contribution in [2.24, 2.45) is 0 Å². The Labute approximate surface area is 181 Å². The molecule has 162 valence electrons. The monoisotopic (exact) mass is 450 g/mol. The minimum Gasteiger partial charge on any atom is -0.465 e. The van der Waals surface area contributed by atoms with Gasteiger partial charge in [0.1, 0.15) is 4.88 Å². The second-order valence-electron chi connectivity index (χ2n) is 7.17. The number of hydrogen-bond acceptors (Lipinski definition) is 6. The van der Waals surface area contributed by atoms with E-state index in [2.05, 4.69) is 5.32 Å². The number of ether oxygens (including phenoxy) is 1. The van der Waals surface area contributed by atoms with E-state index in [1.807, 2.05) is 0 Å². The second-order valence-corrected chi connectivity index (χ2v) is 10.0. The van der Waals surface area contributed by atoms with Gasteiger partial charge in [-0.3, -0.25) is 4.79 Å². The number of aryl methyl sites for hydroxylation is 1. The van der Waals surface area contributed by atoms with Gasteiger partial charge < -0.3 is 10.1 Å². The maximum atomic E-state index is 12.8. The van der Waals surface area contributed by atoms with E-state index in [9.17, 15) is 18.0 Å². The van der Waals surface area contributed by atoms with Crippen molar-refractivity contribution in [2.45, 2.75) is 43.4 Å². The lowest BCUT2D eigenvalue weighted by Crippen LogP contribution is -2.31.